The molecule has 0 aliphatic heterocycles. The van der Waals surface area contributed by atoms with Crippen LogP contribution in [-0.4, -0.2) is 103 Å². The minimum atomic E-state index is -0.629. The van der Waals surface area contributed by atoms with Gasteiger partial charge in [0.2, 0.25) is 23.6 Å². The van der Waals surface area contributed by atoms with Crippen LogP contribution in [0, 0.1) is 34.5 Å². The molecule has 0 aromatic heterocycles. The summed E-state index contributed by atoms with van der Waals surface area (Å²) in [5, 5.41) is 12.1. The molecule has 0 spiro atoms. The average molecular weight is 1020 g/mol. The lowest BCUT2D eigenvalue weighted by Gasteiger charge is -2.35. The molecule has 0 bridgehead atoms. The Morgan fingerprint density at radius 1 is 0.500 bits per heavy atom. The Bertz CT molecular complexity index is 1590. The number of ether oxygens (including phenoxy) is 4. The Labute approximate surface area is 440 Å². The number of unbranched alkanes of at least 4 members (excludes halogenated alkanes) is 1. The van der Waals surface area contributed by atoms with Gasteiger partial charge in [-0.3, -0.25) is 19.2 Å². The highest BCUT2D eigenvalue weighted by molar-refractivity contribution is 5.87. The van der Waals surface area contributed by atoms with Gasteiger partial charge in [-0.1, -0.05) is 116 Å². The Kier molecular flexibility index (Phi) is 34.3. The van der Waals surface area contributed by atoms with Crippen molar-refractivity contribution in [3.8, 4) is 0 Å². The second-order valence-electron chi connectivity index (χ2n) is 23.7. The van der Waals surface area contributed by atoms with Gasteiger partial charge in [-0.25, -0.2) is 0 Å². The average Bonchev–Trinajstić information content (AvgIpc) is 3.30. The molecule has 0 aromatic rings. The normalized spacial score (nSPS) is 17.8. The molecule has 0 radical (unpaired) electrons. The summed E-state index contributed by atoms with van der Waals surface area (Å²) >= 11 is 0. The third-order valence-electron chi connectivity index (χ3n) is 15.7. The van der Waals surface area contributed by atoms with E-state index >= 15 is 0 Å². The van der Waals surface area contributed by atoms with Crippen LogP contribution in [0.2, 0.25) is 0 Å². The third-order valence-corrected chi connectivity index (χ3v) is 15.7. The van der Waals surface area contributed by atoms with E-state index in [1.165, 1.54) is 77.0 Å². The van der Waals surface area contributed by atoms with E-state index in [4.69, 9.17) is 18.9 Å². The van der Waals surface area contributed by atoms with Crippen LogP contribution in [0.15, 0.2) is 22.3 Å². The van der Waals surface area contributed by atoms with Gasteiger partial charge in [-0.05, 0) is 145 Å². The minimum Gasteiger partial charge on any atom is -0.384 e. The van der Waals surface area contributed by atoms with Crippen LogP contribution in [0.1, 0.15) is 223 Å². The summed E-state index contributed by atoms with van der Waals surface area (Å²) in [4.78, 5) is 51.4. The maximum absolute atomic E-state index is 13.5. The molecule has 0 heterocycles. The number of rotatable bonds is 42. The molecule has 2 aliphatic carbocycles. The zero-order valence-corrected chi connectivity index (χ0v) is 48.2. The zero-order valence-electron chi connectivity index (χ0n) is 48.2. The van der Waals surface area contributed by atoms with Crippen LogP contribution in [-0.2, 0) is 38.1 Å². The Hall–Kier alpha value is -2.80. The first-order valence-electron chi connectivity index (χ1n) is 29.0. The summed E-state index contributed by atoms with van der Waals surface area (Å²) < 4.78 is 21.8. The van der Waals surface area contributed by atoms with Crippen LogP contribution >= 0.6 is 0 Å². The van der Waals surface area contributed by atoms with Crippen LogP contribution < -0.4 is 21.3 Å². The summed E-state index contributed by atoms with van der Waals surface area (Å²) in [6.07, 6.45) is 24.0. The zero-order chi connectivity index (χ0) is 53.2. The lowest BCUT2D eigenvalue weighted by Crippen LogP contribution is -2.47. The molecule has 4 N–H and O–H groups in total. The molecule has 0 saturated heterocycles. The van der Waals surface area contributed by atoms with Gasteiger partial charge >= 0.3 is 0 Å². The molecule has 4 amide bonds. The molecule has 4 unspecified atom stereocenters. The molecule has 12 heteroatoms. The van der Waals surface area contributed by atoms with Gasteiger partial charge in [0.05, 0.1) is 33.0 Å². The summed E-state index contributed by atoms with van der Waals surface area (Å²) in [5.74, 6) is 1.74. The highest BCUT2D eigenvalue weighted by Crippen LogP contribution is 2.44. The van der Waals surface area contributed by atoms with E-state index in [-0.39, 0.29) is 29.5 Å². The monoisotopic (exact) mass is 1010 g/mol. The van der Waals surface area contributed by atoms with Gasteiger partial charge in [0.15, 0.2) is 0 Å². The number of methoxy groups -OCH3 is 1. The van der Waals surface area contributed by atoms with Crippen LogP contribution in [0.4, 0.5) is 0 Å². The largest absolute Gasteiger partial charge is 0.384 e. The summed E-state index contributed by atoms with van der Waals surface area (Å²) in [6.45, 7) is 28.3. The van der Waals surface area contributed by atoms with E-state index in [1.54, 1.807) is 29.4 Å². The van der Waals surface area contributed by atoms with Crippen LogP contribution in [0.3, 0.4) is 0 Å². The SMILES string of the molecule is COCCC(=O)NCCCOCCOCCOCCCNC(=O)[C@H](CCCCNC(=O)CC(C)CCCC(C)CCC1=C(C)CCCC1(C)C)NC(=O)CC(C)CCCC(C)CCC1=C(C)CCCC1(C)C. The fraction of sp³-hybridized carbons (Fsp3) is 0.867. The highest BCUT2D eigenvalue weighted by Gasteiger charge is 2.29. The van der Waals surface area contributed by atoms with Crippen molar-refractivity contribution in [3.63, 3.8) is 0 Å². The minimum absolute atomic E-state index is 0.0204. The van der Waals surface area contributed by atoms with Crippen molar-refractivity contribution in [1.82, 2.24) is 21.3 Å². The Balaban J connectivity index is 1.72. The standard InChI is InChI=1S/C60H110N4O8/c1-46(27-29-52-50(5)24-16-32-59(52,7)8)20-14-22-48(3)44-56(66)62-34-13-12-26-54(58(68)63-36-19-38-71-41-43-72-42-40-70-37-18-35-61-55(65)31-39-69-11)64-57(67)45-49(4)23-15-21-47(2)28-30-53-51(6)25-17-33-60(53,9)10/h46-49,54H,12-45H2,1-11H3,(H,61,65)(H,62,66)(H,63,68)(H,64,67)/t46?,47?,48?,49?,54-/m0/s1. The lowest BCUT2D eigenvalue weighted by molar-refractivity contribution is -0.129. The van der Waals surface area contributed by atoms with E-state index in [9.17, 15) is 19.2 Å². The quantitative estimate of drug-likeness (QED) is 0.0348. The van der Waals surface area contributed by atoms with E-state index in [0.717, 1.165) is 38.5 Å². The topological polar surface area (TPSA) is 153 Å². The predicted molar refractivity (Wildman–Crippen MR) is 296 cm³/mol. The maximum atomic E-state index is 13.5. The molecule has 5 atom stereocenters. The molecule has 2 aliphatic rings. The molecule has 0 fully saturated rings. The smallest absolute Gasteiger partial charge is 0.242 e. The van der Waals surface area contributed by atoms with E-state index in [2.05, 4.69) is 90.5 Å². The van der Waals surface area contributed by atoms with E-state index < -0.39 is 6.04 Å². The number of carbonyl (C=O) groups is 4. The first kappa shape index (κ1) is 65.3. The van der Waals surface area contributed by atoms with Gasteiger partial charge in [0.25, 0.3) is 0 Å². The van der Waals surface area contributed by atoms with Crippen molar-refractivity contribution >= 4 is 23.6 Å². The van der Waals surface area contributed by atoms with Crippen molar-refractivity contribution < 1.29 is 38.1 Å². The number of nitrogens with one attached hydrogen (secondary N) is 4. The van der Waals surface area contributed by atoms with E-state index in [1.807, 2.05) is 0 Å². The molecule has 418 valence electrons. The van der Waals surface area contributed by atoms with Gasteiger partial charge in [0, 0.05) is 59.2 Å². The Morgan fingerprint density at radius 3 is 1.44 bits per heavy atom. The number of carbonyl (C=O) groups excluding carboxylic acids is 4. The second-order valence-corrected chi connectivity index (χ2v) is 23.7. The predicted octanol–water partition coefficient (Wildman–Crippen LogP) is 12.1. The molecule has 0 saturated carbocycles. The van der Waals surface area contributed by atoms with Crippen LogP contribution in [0.5, 0.6) is 0 Å². The number of hydrogen-bond donors (Lipinski definition) is 4. The Morgan fingerprint density at radius 2 is 0.944 bits per heavy atom. The molecular formula is C60H110N4O8. The molecule has 12 nitrogen and oxygen atoms in total. The molecule has 0 aromatic carbocycles. The molecule has 2 rings (SSSR count). The van der Waals surface area contributed by atoms with Gasteiger partial charge in [0.1, 0.15) is 6.04 Å². The molecular weight excluding hydrogens is 905 g/mol. The lowest BCUT2D eigenvalue weighted by atomic mass is 9.70. The van der Waals surface area contributed by atoms with E-state index in [0.29, 0.717) is 133 Å². The van der Waals surface area contributed by atoms with Crippen molar-refractivity contribution in [3.05, 3.63) is 22.3 Å². The van der Waals surface area contributed by atoms with Crippen LogP contribution in [0.25, 0.3) is 0 Å². The first-order valence-corrected chi connectivity index (χ1v) is 29.0. The third kappa shape index (κ3) is 29.9. The number of amides is 4. The van der Waals surface area contributed by atoms with Gasteiger partial charge < -0.3 is 40.2 Å². The van der Waals surface area contributed by atoms with Crippen molar-refractivity contribution in [2.24, 2.45) is 34.5 Å². The summed E-state index contributed by atoms with van der Waals surface area (Å²) in [6, 6.07) is -0.629. The van der Waals surface area contributed by atoms with Crippen molar-refractivity contribution in [2.75, 3.05) is 73.0 Å². The van der Waals surface area contributed by atoms with Crippen molar-refractivity contribution in [2.45, 2.75) is 229 Å². The highest BCUT2D eigenvalue weighted by atomic mass is 16.5. The summed E-state index contributed by atoms with van der Waals surface area (Å²) in [7, 11) is 1.58. The molecule has 72 heavy (non-hydrogen) atoms. The number of hydrogen-bond acceptors (Lipinski definition) is 8. The number of allylic oxidation sites excluding steroid dienone is 4. The first-order chi connectivity index (χ1) is 34.3. The van der Waals surface area contributed by atoms with Crippen molar-refractivity contribution in [1.29, 1.82) is 0 Å². The van der Waals surface area contributed by atoms with Gasteiger partial charge in [-0.2, -0.15) is 0 Å². The second kappa shape index (κ2) is 37.9. The van der Waals surface area contributed by atoms with Gasteiger partial charge in [-0.15, -0.1) is 0 Å². The summed E-state index contributed by atoms with van der Waals surface area (Å²) in [5.41, 5.74) is 7.29. The fourth-order valence-corrected chi connectivity index (χ4v) is 11.0. The maximum Gasteiger partial charge on any atom is 0.242 e. The fourth-order valence-electron chi connectivity index (χ4n) is 11.0.